The number of nitrogens with two attached hydrogens (primary N) is 1. The molecule has 1 atom stereocenters. The average molecular weight is 208 g/mol. The maximum Gasteiger partial charge on any atom is 0.236 e. The number of amides is 1. The van der Waals surface area contributed by atoms with Crippen LogP contribution in [0.15, 0.2) is 24.3 Å². The average Bonchev–Trinajstić information content (AvgIpc) is 2.26. The molecule has 0 fully saturated rings. The monoisotopic (exact) mass is 208 g/mol. The van der Waals surface area contributed by atoms with E-state index in [0.717, 1.165) is 11.3 Å². The Bertz CT molecular complexity index is 320. The molecule has 3 N–H and O–H groups in total. The predicted octanol–water partition coefficient (Wildman–Crippen LogP) is 0.659. The standard InChI is InChI=1S/C11H16N2O2/c1-8(12)11(14)13-7-9-3-5-10(15-2)6-4-9/h3-6,8H,7,12H2,1-2H3,(H,13,14)/t8-/m1/s1. The lowest BCUT2D eigenvalue weighted by molar-refractivity contribution is -0.122. The van der Waals surface area contributed by atoms with Crippen LogP contribution in [0.1, 0.15) is 12.5 Å². The normalized spacial score (nSPS) is 11.9. The van der Waals surface area contributed by atoms with Crippen molar-refractivity contribution >= 4 is 5.91 Å². The minimum absolute atomic E-state index is 0.147. The van der Waals surface area contributed by atoms with Gasteiger partial charge in [0.15, 0.2) is 0 Å². The molecule has 4 nitrogen and oxygen atoms in total. The van der Waals surface area contributed by atoms with Crippen LogP contribution in [0, 0.1) is 0 Å². The zero-order valence-corrected chi connectivity index (χ0v) is 8.99. The maximum atomic E-state index is 11.2. The summed E-state index contributed by atoms with van der Waals surface area (Å²) >= 11 is 0. The molecule has 0 heterocycles. The van der Waals surface area contributed by atoms with Gasteiger partial charge in [-0.3, -0.25) is 4.79 Å². The van der Waals surface area contributed by atoms with E-state index in [1.807, 2.05) is 24.3 Å². The Balaban J connectivity index is 2.47. The number of carbonyl (C=O) groups excluding carboxylic acids is 1. The lowest BCUT2D eigenvalue weighted by Gasteiger charge is -2.08. The molecule has 0 aromatic heterocycles. The summed E-state index contributed by atoms with van der Waals surface area (Å²) in [5.74, 6) is 0.656. The molecule has 0 aliphatic rings. The molecule has 1 amide bonds. The van der Waals surface area contributed by atoms with Gasteiger partial charge >= 0.3 is 0 Å². The molecule has 82 valence electrons. The summed E-state index contributed by atoms with van der Waals surface area (Å²) in [6.07, 6.45) is 0. The molecule has 0 saturated heterocycles. The van der Waals surface area contributed by atoms with Crippen molar-refractivity contribution in [3.63, 3.8) is 0 Å². The van der Waals surface area contributed by atoms with Crippen LogP contribution in [0.5, 0.6) is 5.75 Å². The molecule has 15 heavy (non-hydrogen) atoms. The minimum Gasteiger partial charge on any atom is -0.497 e. The Hall–Kier alpha value is -1.55. The van der Waals surface area contributed by atoms with Crippen LogP contribution in [-0.4, -0.2) is 19.1 Å². The molecule has 1 rings (SSSR count). The van der Waals surface area contributed by atoms with Gasteiger partial charge < -0.3 is 15.8 Å². The Morgan fingerprint density at radius 1 is 1.47 bits per heavy atom. The minimum atomic E-state index is -0.469. The van der Waals surface area contributed by atoms with Gasteiger partial charge in [-0.25, -0.2) is 0 Å². The third-order valence-corrected chi connectivity index (χ3v) is 2.04. The van der Waals surface area contributed by atoms with E-state index in [1.165, 1.54) is 0 Å². The summed E-state index contributed by atoms with van der Waals surface area (Å²) in [5, 5.41) is 2.73. The van der Waals surface area contributed by atoms with Crippen LogP contribution in [0.2, 0.25) is 0 Å². The molecule has 4 heteroatoms. The number of rotatable bonds is 4. The van der Waals surface area contributed by atoms with Gasteiger partial charge in [-0.15, -0.1) is 0 Å². The first-order valence-corrected chi connectivity index (χ1v) is 4.79. The van der Waals surface area contributed by atoms with Crippen LogP contribution in [0.4, 0.5) is 0 Å². The molecule has 1 aromatic rings. The fourth-order valence-corrected chi connectivity index (χ4v) is 1.09. The molecule has 0 aliphatic carbocycles. The van der Waals surface area contributed by atoms with Crippen molar-refractivity contribution in [3.8, 4) is 5.75 Å². The van der Waals surface area contributed by atoms with Gasteiger partial charge in [-0.2, -0.15) is 0 Å². The van der Waals surface area contributed by atoms with Crippen LogP contribution in [0.25, 0.3) is 0 Å². The highest BCUT2D eigenvalue weighted by Gasteiger charge is 2.05. The zero-order valence-electron chi connectivity index (χ0n) is 8.99. The third kappa shape index (κ3) is 3.59. The van der Waals surface area contributed by atoms with E-state index in [0.29, 0.717) is 6.54 Å². The van der Waals surface area contributed by atoms with Crippen molar-refractivity contribution in [1.29, 1.82) is 0 Å². The second-order valence-electron chi connectivity index (χ2n) is 3.35. The highest BCUT2D eigenvalue weighted by atomic mass is 16.5. The van der Waals surface area contributed by atoms with E-state index in [1.54, 1.807) is 14.0 Å². The SMILES string of the molecule is COc1ccc(CNC(=O)[C@@H](C)N)cc1. The van der Waals surface area contributed by atoms with E-state index >= 15 is 0 Å². The van der Waals surface area contributed by atoms with Gasteiger partial charge in [0.05, 0.1) is 13.2 Å². The number of hydrogen-bond donors (Lipinski definition) is 2. The van der Waals surface area contributed by atoms with Crippen molar-refractivity contribution < 1.29 is 9.53 Å². The summed E-state index contributed by atoms with van der Waals surface area (Å²) < 4.78 is 5.03. The second-order valence-corrected chi connectivity index (χ2v) is 3.35. The summed E-state index contributed by atoms with van der Waals surface area (Å²) in [6.45, 7) is 2.15. The second kappa shape index (κ2) is 5.36. The van der Waals surface area contributed by atoms with Crippen molar-refractivity contribution in [2.75, 3.05) is 7.11 Å². The molecule has 0 spiro atoms. The van der Waals surface area contributed by atoms with Crippen LogP contribution < -0.4 is 15.8 Å². The molecular formula is C11H16N2O2. The fourth-order valence-electron chi connectivity index (χ4n) is 1.09. The number of carbonyl (C=O) groups is 1. The zero-order chi connectivity index (χ0) is 11.3. The maximum absolute atomic E-state index is 11.2. The fraction of sp³-hybridized carbons (Fsp3) is 0.364. The lowest BCUT2D eigenvalue weighted by Crippen LogP contribution is -2.37. The van der Waals surface area contributed by atoms with Gasteiger partial charge in [0.1, 0.15) is 5.75 Å². The van der Waals surface area contributed by atoms with E-state index in [4.69, 9.17) is 10.5 Å². The molecular weight excluding hydrogens is 192 g/mol. The summed E-state index contributed by atoms with van der Waals surface area (Å²) in [6, 6.07) is 7.05. The molecule has 1 aromatic carbocycles. The highest BCUT2D eigenvalue weighted by molar-refractivity contribution is 5.80. The van der Waals surface area contributed by atoms with Crippen molar-refractivity contribution in [2.45, 2.75) is 19.5 Å². The van der Waals surface area contributed by atoms with Gasteiger partial charge in [-0.05, 0) is 24.6 Å². The summed E-state index contributed by atoms with van der Waals surface area (Å²) in [5.41, 5.74) is 6.43. The van der Waals surface area contributed by atoms with Crippen molar-refractivity contribution in [1.82, 2.24) is 5.32 Å². The van der Waals surface area contributed by atoms with Crippen LogP contribution >= 0.6 is 0 Å². The van der Waals surface area contributed by atoms with Gasteiger partial charge in [0.25, 0.3) is 0 Å². The Morgan fingerprint density at radius 3 is 2.53 bits per heavy atom. The first-order chi connectivity index (χ1) is 7.13. The quantitative estimate of drug-likeness (QED) is 0.764. The third-order valence-electron chi connectivity index (χ3n) is 2.04. The highest BCUT2D eigenvalue weighted by Crippen LogP contribution is 2.10. The van der Waals surface area contributed by atoms with Gasteiger partial charge in [-0.1, -0.05) is 12.1 Å². The topological polar surface area (TPSA) is 64.3 Å². The summed E-state index contributed by atoms with van der Waals surface area (Å²) in [4.78, 5) is 11.2. The number of nitrogens with one attached hydrogen (secondary N) is 1. The molecule has 0 radical (unpaired) electrons. The number of ether oxygens (including phenoxy) is 1. The number of hydrogen-bond acceptors (Lipinski definition) is 3. The predicted molar refractivity (Wildman–Crippen MR) is 58.5 cm³/mol. The first kappa shape index (κ1) is 11.5. The van der Waals surface area contributed by atoms with Gasteiger partial charge in [0, 0.05) is 6.54 Å². The van der Waals surface area contributed by atoms with E-state index in [9.17, 15) is 4.79 Å². The van der Waals surface area contributed by atoms with Gasteiger partial charge in [0.2, 0.25) is 5.91 Å². The lowest BCUT2D eigenvalue weighted by atomic mass is 10.2. The van der Waals surface area contributed by atoms with E-state index in [2.05, 4.69) is 5.32 Å². The van der Waals surface area contributed by atoms with Crippen molar-refractivity contribution in [3.05, 3.63) is 29.8 Å². The van der Waals surface area contributed by atoms with E-state index < -0.39 is 6.04 Å². The molecule has 0 saturated carbocycles. The number of methoxy groups -OCH3 is 1. The van der Waals surface area contributed by atoms with E-state index in [-0.39, 0.29) is 5.91 Å². The molecule has 0 aliphatic heterocycles. The smallest absolute Gasteiger partial charge is 0.236 e. The number of benzene rings is 1. The van der Waals surface area contributed by atoms with Crippen molar-refractivity contribution in [2.24, 2.45) is 5.73 Å². The molecule has 0 unspecified atom stereocenters. The Kier molecular flexibility index (Phi) is 4.12. The summed E-state index contributed by atoms with van der Waals surface area (Å²) in [7, 11) is 1.62. The Labute approximate surface area is 89.4 Å². The largest absolute Gasteiger partial charge is 0.497 e. The molecule has 0 bridgehead atoms. The van der Waals surface area contributed by atoms with Crippen LogP contribution in [-0.2, 0) is 11.3 Å². The Morgan fingerprint density at radius 2 is 2.07 bits per heavy atom. The first-order valence-electron chi connectivity index (χ1n) is 4.79. The van der Waals surface area contributed by atoms with Crippen LogP contribution in [0.3, 0.4) is 0 Å².